The number of benzene rings is 1. The maximum Gasteiger partial charge on any atom is 0.416 e. The Bertz CT molecular complexity index is 371. The summed E-state index contributed by atoms with van der Waals surface area (Å²) in [6.07, 6.45) is -3.45. The van der Waals surface area contributed by atoms with E-state index in [1.165, 1.54) is 6.07 Å². The Morgan fingerprint density at radius 2 is 1.94 bits per heavy atom. The van der Waals surface area contributed by atoms with E-state index in [9.17, 15) is 13.2 Å². The molecule has 0 aliphatic heterocycles. The Morgan fingerprint density at radius 1 is 1.29 bits per heavy atom. The van der Waals surface area contributed by atoms with Gasteiger partial charge in [0.1, 0.15) is 0 Å². The van der Waals surface area contributed by atoms with Crippen molar-refractivity contribution in [1.82, 2.24) is 5.32 Å². The molecule has 0 bridgehead atoms. The molecule has 0 aromatic heterocycles. The van der Waals surface area contributed by atoms with Crippen molar-refractivity contribution in [1.29, 1.82) is 0 Å². The molecule has 96 valence electrons. The molecule has 0 amide bonds. The van der Waals surface area contributed by atoms with E-state index in [1.54, 1.807) is 13.0 Å². The molecule has 1 aromatic carbocycles. The van der Waals surface area contributed by atoms with E-state index in [0.717, 1.165) is 24.6 Å². The molecular weight excluding hydrogens is 227 g/mol. The van der Waals surface area contributed by atoms with Gasteiger partial charge in [0.2, 0.25) is 0 Å². The Hall–Kier alpha value is -1.03. The summed E-state index contributed by atoms with van der Waals surface area (Å²) < 4.78 is 37.4. The molecule has 0 radical (unpaired) electrons. The molecule has 1 atom stereocenters. The number of hydrogen-bond acceptors (Lipinski definition) is 1. The normalized spacial score (nSPS) is 13.8. The van der Waals surface area contributed by atoms with Crippen molar-refractivity contribution in [2.75, 3.05) is 13.6 Å². The monoisotopic (exact) mass is 245 g/mol. The van der Waals surface area contributed by atoms with Crippen LogP contribution < -0.4 is 5.32 Å². The molecular formula is C13H18F3N. The number of halogens is 3. The molecule has 1 aromatic rings. The minimum Gasteiger partial charge on any atom is -0.319 e. The third kappa shape index (κ3) is 4.04. The van der Waals surface area contributed by atoms with Gasteiger partial charge in [-0.05, 0) is 56.1 Å². The zero-order chi connectivity index (χ0) is 13.1. The Morgan fingerprint density at radius 3 is 2.41 bits per heavy atom. The van der Waals surface area contributed by atoms with Gasteiger partial charge in [-0.3, -0.25) is 0 Å². The summed E-state index contributed by atoms with van der Waals surface area (Å²) in [4.78, 5) is 0. The van der Waals surface area contributed by atoms with Crippen molar-refractivity contribution in [2.24, 2.45) is 5.92 Å². The standard InChI is InChI=1S/C13H18F3N/c1-9(8-17-3)6-11-4-5-12(7-10(11)2)13(14,15)16/h4-5,7,9,17H,6,8H2,1-3H3/t9-/m0/s1. The first-order valence-electron chi connectivity index (χ1n) is 5.66. The first kappa shape index (κ1) is 14.0. The van der Waals surface area contributed by atoms with E-state index in [0.29, 0.717) is 11.5 Å². The Balaban J connectivity index is 2.83. The average molecular weight is 245 g/mol. The van der Waals surface area contributed by atoms with Gasteiger partial charge in [-0.15, -0.1) is 0 Å². The van der Waals surface area contributed by atoms with Gasteiger partial charge in [0.05, 0.1) is 5.56 Å². The highest BCUT2D eigenvalue weighted by molar-refractivity contribution is 5.32. The molecule has 1 rings (SSSR count). The fraction of sp³-hybridized carbons (Fsp3) is 0.538. The molecule has 1 N–H and O–H groups in total. The van der Waals surface area contributed by atoms with Crippen LogP contribution in [-0.4, -0.2) is 13.6 Å². The third-order valence-corrected chi connectivity index (χ3v) is 2.79. The molecule has 0 aliphatic rings. The SMILES string of the molecule is CNC[C@@H](C)Cc1ccc(C(F)(F)F)cc1C. The summed E-state index contributed by atoms with van der Waals surface area (Å²) in [6, 6.07) is 3.97. The minimum atomic E-state index is -4.25. The molecule has 0 spiro atoms. The number of rotatable bonds is 4. The van der Waals surface area contributed by atoms with Crippen LogP contribution in [0.5, 0.6) is 0 Å². The number of hydrogen-bond donors (Lipinski definition) is 1. The number of nitrogens with one attached hydrogen (secondary N) is 1. The largest absolute Gasteiger partial charge is 0.416 e. The lowest BCUT2D eigenvalue weighted by atomic mass is 9.96. The zero-order valence-corrected chi connectivity index (χ0v) is 10.4. The zero-order valence-electron chi connectivity index (χ0n) is 10.4. The van der Waals surface area contributed by atoms with Gasteiger partial charge in [0.25, 0.3) is 0 Å². The second kappa shape index (κ2) is 5.54. The lowest BCUT2D eigenvalue weighted by Gasteiger charge is -2.14. The highest BCUT2D eigenvalue weighted by atomic mass is 19.4. The molecule has 0 saturated carbocycles. The fourth-order valence-electron chi connectivity index (χ4n) is 1.90. The molecule has 0 saturated heterocycles. The number of alkyl halides is 3. The van der Waals surface area contributed by atoms with Gasteiger partial charge in [-0.25, -0.2) is 0 Å². The highest BCUT2D eigenvalue weighted by Crippen LogP contribution is 2.30. The predicted molar refractivity (Wildman–Crippen MR) is 63.0 cm³/mol. The van der Waals surface area contributed by atoms with Crippen molar-refractivity contribution in [3.8, 4) is 0 Å². The van der Waals surface area contributed by atoms with Crippen LogP contribution in [0.3, 0.4) is 0 Å². The summed E-state index contributed by atoms with van der Waals surface area (Å²) in [5, 5.41) is 3.06. The van der Waals surface area contributed by atoms with Crippen molar-refractivity contribution >= 4 is 0 Å². The third-order valence-electron chi connectivity index (χ3n) is 2.79. The van der Waals surface area contributed by atoms with Crippen molar-refractivity contribution in [3.63, 3.8) is 0 Å². The van der Waals surface area contributed by atoms with Crippen LogP contribution in [0.2, 0.25) is 0 Å². The molecule has 0 unspecified atom stereocenters. The second-order valence-corrected chi connectivity index (χ2v) is 4.51. The molecule has 17 heavy (non-hydrogen) atoms. The Labute approximate surface area is 100 Å². The van der Waals surface area contributed by atoms with Crippen LogP contribution in [0, 0.1) is 12.8 Å². The van der Waals surface area contributed by atoms with Gasteiger partial charge in [-0.1, -0.05) is 13.0 Å². The summed E-state index contributed by atoms with van der Waals surface area (Å²) >= 11 is 0. The molecule has 1 nitrogen and oxygen atoms in total. The average Bonchev–Trinajstić information content (AvgIpc) is 2.20. The lowest BCUT2D eigenvalue weighted by Crippen LogP contribution is -2.18. The predicted octanol–water partition coefficient (Wildman–Crippen LogP) is 3.41. The maximum absolute atomic E-state index is 12.5. The van der Waals surface area contributed by atoms with Crippen LogP contribution in [0.1, 0.15) is 23.6 Å². The van der Waals surface area contributed by atoms with Crippen molar-refractivity contribution in [3.05, 3.63) is 34.9 Å². The first-order valence-corrected chi connectivity index (χ1v) is 5.66. The fourth-order valence-corrected chi connectivity index (χ4v) is 1.90. The quantitative estimate of drug-likeness (QED) is 0.857. The van der Waals surface area contributed by atoms with E-state index >= 15 is 0 Å². The summed E-state index contributed by atoms with van der Waals surface area (Å²) in [5.41, 5.74) is 1.13. The highest BCUT2D eigenvalue weighted by Gasteiger charge is 2.30. The maximum atomic E-state index is 12.5. The first-order chi connectivity index (χ1) is 7.84. The van der Waals surface area contributed by atoms with Gasteiger partial charge < -0.3 is 5.32 Å². The van der Waals surface area contributed by atoms with Gasteiger partial charge in [-0.2, -0.15) is 13.2 Å². The van der Waals surface area contributed by atoms with E-state index in [-0.39, 0.29) is 0 Å². The summed E-state index contributed by atoms with van der Waals surface area (Å²) in [5.74, 6) is 0.412. The van der Waals surface area contributed by atoms with Crippen molar-refractivity contribution in [2.45, 2.75) is 26.4 Å². The van der Waals surface area contributed by atoms with Gasteiger partial charge >= 0.3 is 6.18 Å². The van der Waals surface area contributed by atoms with E-state index in [1.807, 2.05) is 7.05 Å². The van der Waals surface area contributed by atoms with Crippen LogP contribution >= 0.6 is 0 Å². The summed E-state index contributed by atoms with van der Waals surface area (Å²) in [6.45, 7) is 4.67. The number of aryl methyl sites for hydroxylation is 1. The lowest BCUT2D eigenvalue weighted by molar-refractivity contribution is -0.137. The second-order valence-electron chi connectivity index (χ2n) is 4.51. The van der Waals surface area contributed by atoms with Crippen LogP contribution in [0.15, 0.2) is 18.2 Å². The molecule has 4 heteroatoms. The van der Waals surface area contributed by atoms with E-state index in [4.69, 9.17) is 0 Å². The van der Waals surface area contributed by atoms with Gasteiger partial charge in [0.15, 0.2) is 0 Å². The molecule has 0 heterocycles. The smallest absolute Gasteiger partial charge is 0.319 e. The minimum absolute atomic E-state index is 0.412. The van der Waals surface area contributed by atoms with E-state index in [2.05, 4.69) is 12.2 Å². The molecule has 0 fully saturated rings. The van der Waals surface area contributed by atoms with Crippen LogP contribution in [0.25, 0.3) is 0 Å². The van der Waals surface area contributed by atoms with Crippen LogP contribution in [-0.2, 0) is 12.6 Å². The Kier molecular flexibility index (Phi) is 4.57. The van der Waals surface area contributed by atoms with E-state index < -0.39 is 11.7 Å². The summed E-state index contributed by atoms with van der Waals surface area (Å²) in [7, 11) is 1.87. The molecule has 0 aliphatic carbocycles. The van der Waals surface area contributed by atoms with Gasteiger partial charge in [0, 0.05) is 0 Å². The van der Waals surface area contributed by atoms with Crippen LogP contribution in [0.4, 0.5) is 13.2 Å². The topological polar surface area (TPSA) is 12.0 Å². The van der Waals surface area contributed by atoms with Crippen molar-refractivity contribution < 1.29 is 13.2 Å².